The molecule has 0 saturated carbocycles. The predicted octanol–water partition coefficient (Wildman–Crippen LogP) is 4.52. The zero-order valence-corrected chi connectivity index (χ0v) is 21.9. The average Bonchev–Trinajstić information content (AvgIpc) is 3.39. The molecule has 2 saturated heterocycles. The van der Waals surface area contributed by atoms with Crippen molar-refractivity contribution in [3.8, 4) is 5.75 Å². The van der Waals surface area contributed by atoms with Gasteiger partial charge in [-0.25, -0.2) is 0 Å². The van der Waals surface area contributed by atoms with Crippen LogP contribution < -0.4 is 9.64 Å². The number of piperazine rings is 1. The molecule has 192 valence electrons. The molecular formula is C31H35N3O3. The third-order valence-corrected chi connectivity index (χ3v) is 7.87. The van der Waals surface area contributed by atoms with Crippen molar-refractivity contribution in [2.75, 3.05) is 51.3 Å². The van der Waals surface area contributed by atoms with Gasteiger partial charge in [0.05, 0.1) is 13.0 Å². The summed E-state index contributed by atoms with van der Waals surface area (Å²) in [4.78, 5) is 33.7. The number of methoxy groups -OCH3 is 1. The Hall–Kier alpha value is -3.80. The Kier molecular flexibility index (Phi) is 7.17. The van der Waals surface area contributed by atoms with E-state index < -0.39 is 0 Å². The van der Waals surface area contributed by atoms with E-state index in [0.29, 0.717) is 31.7 Å². The second-order valence-electron chi connectivity index (χ2n) is 10.1. The van der Waals surface area contributed by atoms with Gasteiger partial charge in [0.2, 0.25) is 5.91 Å². The highest BCUT2D eigenvalue weighted by Gasteiger charge is 2.43. The standard InChI is InChI=1S/C31H35N3O3/c1-22-9-4-6-13-26(22)30(35)34-20-27(24-11-8-12-25(19-24)37-3)28(21-34)31(36)33-17-15-32(16-18-33)29-14-7-5-10-23(29)2/h4-14,19,27-28H,15-18,20-21H2,1-3H3. The molecule has 0 aromatic heterocycles. The van der Waals surface area contributed by atoms with Crippen molar-refractivity contribution < 1.29 is 14.3 Å². The van der Waals surface area contributed by atoms with E-state index >= 15 is 0 Å². The molecule has 2 fully saturated rings. The molecule has 2 aliphatic heterocycles. The summed E-state index contributed by atoms with van der Waals surface area (Å²) in [5, 5.41) is 0. The number of rotatable bonds is 5. The van der Waals surface area contributed by atoms with Crippen LogP contribution in [0.1, 0.15) is 33.0 Å². The summed E-state index contributed by atoms with van der Waals surface area (Å²) < 4.78 is 5.47. The number of ether oxygens (including phenoxy) is 1. The second-order valence-corrected chi connectivity index (χ2v) is 10.1. The highest BCUT2D eigenvalue weighted by Crippen LogP contribution is 2.36. The van der Waals surface area contributed by atoms with Crippen molar-refractivity contribution >= 4 is 17.5 Å². The smallest absolute Gasteiger partial charge is 0.254 e. The van der Waals surface area contributed by atoms with Gasteiger partial charge in [-0.2, -0.15) is 0 Å². The van der Waals surface area contributed by atoms with Crippen LogP contribution >= 0.6 is 0 Å². The zero-order valence-electron chi connectivity index (χ0n) is 21.9. The van der Waals surface area contributed by atoms with Crippen molar-refractivity contribution in [2.45, 2.75) is 19.8 Å². The molecule has 3 aromatic carbocycles. The van der Waals surface area contributed by atoms with Gasteiger partial charge >= 0.3 is 0 Å². The van der Waals surface area contributed by atoms with Crippen LogP contribution in [0.15, 0.2) is 72.8 Å². The highest BCUT2D eigenvalue weighted by atomic mass is 16.5. The Bertz CT molecular complexity index is 1280. The summed E-state index contributed by atoms with van der Waals surface area (Å²) in [5.41, 5.74) is 5.18. The maximum absolute atomic E-state index is 14.0. The molecule has 3 aromatic rings. The summed E-state index contributed by atoms with van der Waals surface area (Å²) >= 11 is 0. The number of anilines is 1. The molecule has 0 radical (unpaired) electrons. The lowest BCUT2D eigenvalue weighted by atomic mass is 9.87. The van der Waals surface area contributed by atoms with Crippen LogP contribution in [-0.2, 0) is 4.79 Å². The largest absolute Gasteiger partial charge is 0.497 e. The van der Waals surface area contributed by atoms with Crippen molar-refractivity contribution in [1.82, 2.24) is 9.80 Å². The highest BCUT2D eigenvalue weighted by molar-refractivity contribution is 5.96. The summed E-state index contributed by atoms with van der Waals surface area (Å²) in [6.45, 7) is 7.99. The van der Waals surface area contributed by atoms with Gasteiger partial charge in [-0.3, -0.25) is 9.59 Å². The van der Waals surface area contributed by atoms with E-state index in [0.717, 1.165) is 30.0 Å². The van der Waals surface area contributed by atoms with Crippen LogP contribution in [0.5, 0.6) is 5.75 Å². The SMILES string of the molecule is COc1cccc(C2CN(C(=O)c3ccccc3C)CC2C(=O)N2CCN(c3ccccc3C)CC2)c1. The Balaban J connectivity index is 1.37. The molecule has 2 aliphatic rings. The zero-order chi connectivity index (χ0) is 25.9. The summed E-state index contributed by atoms with van der Waals surface area (Å²) in [6, 6.07) is 24.0. The number of likely N-dealkylation sites (tertiary alicyclic amines) is 1. The van der Waals surface area contributed by atoms with Crippen LogP contribution in [0, 0.1) is 19.8 Å². The van der Waals surface area contributed by atoms with Gasteiger partial charge in [-0.05, 0) is 54.8 Å². The van der Waals surface area contributed by atoms with Gasteiger partial charge in [0, 0.05) is 56.4 Å². The van der Waals surface area contributed by atoms with E-state index in [2.05, 4.69) is 36.1 Å². The predicted molar refractivity (Wildman–Crippen MR) is 146 cm³/mol. The number of hydrogen-bond donors (Lipinski definition) is 0. The average molecular weight is 498 g/mol. The third-order valence-electron chi connectivity index (χ3n) is 7.87. The number of aryl methyl sites for hydroxylation is 2. The van der Waals surface area contributed by atoms with Gasteiger partial charge in [0.25, 0.3) is 5.91 Å². The van der Waals surface area contributed by atoms with E-state index in [-0.39, 0.29) is 23.7 Å². The molecule has 6 heteroatoms. The monoisotopic (exact) mass is 497 g/mol. The van der Waals surface area contributed by atoms with Gasteiger partial charge in [0.1, 0.15) is 5.75 Å². The van der Waals surface area contributed by atoms with Crippen LogP contribution in [0.4, 0.5) is 5.69 Å². The van der Waals surface area contributed by atoms with E-state index in [1.807, 2.05) is 65.3 Å². The molecule has 6 nitrogen and oxygen atoms in total. The maximum Gasteiger partial charge on any atom is 0.254 e. The number of benzene rings is 3. The first-order valence-corrected chi connectivity index (χ1v) is 13.0. The fraction of sp³-hybridized carbons (Fsp3) is 0.355. The number of amides is 2. The first-order valence-electron chi connectivity index (χ1n) is 13.0. The van der Waals surface area contributed by atoms with Crippen LogP contribution in [0.25, 0.3) is 0 Å². The number of hydrogen-bond acceptors (Lipinski definition) is 4. The quantitative estimate of drug-likeness (QED) is 0.520. The number of nitrogens with zero attached hydrogens (tertiary/aromatic N) is 3. The van der Waals surface area contributed by atoms with Gasteiger partial charge in [-0.1, -0.05) is 48.5 Å². The van der Waals surface area contributed by atoms with Gasteiger partial charge in [0.15, 0.2) is 0 Å². The molecule has 0 spiro atoms. The minimum atomic E-state index is -0.287. The van der Waals surface area contributed by atoms with Crippen molar-refractivity contribution in [2.24, 2.45) is 5.92 Å². The molecule has 0 aliphatic carbocycles. The molecule has 37 heavy (non-hydrogen) atoms. The third kappa shape index (κ3) is 5.06. The van der Waals surface area contributed by atoms with Crippen molar-refractivity contribution in [3.63, 3.8) is 0 Å². The fourth-order valence-corrected chi connectivity index (χ4v) is 5.73. The summed E-state index contributed by atoms with van der Waals surface area (Å²) in [7, 11) is 1.65. The van der Waals surface area contributed by atoms with Crippen molar-refractivity contribution in [1.29, 1.82) is 0 Å². The van der Waals surface area contributed by atoms with Crippen molar-refractivity contribution in [3.05, 3.63) is 95.1 Å². The molecule has 5 rings (SSSR count). The molecule has 2 heterocycles. The van der Waals surface area contributed by atoms with Gasteiger partial charge in [-0.15, -0.1) is 0 Å². The molecule has 0 N–H and O–H groups in total. The topological polar surface area (TPSA) is 53.1 Å². The Morgan fingerprint density at radius 3 is 2.19 bits per heavy atom. The Morgan fingerprint density at radius 2 is 1.49 bits per heavy atom. The minimum Gasteiger partial charge on any atom is -0.497 e. The maximum atomic E-state index is 14.0. The summed E-state index contributed by atoms with van der Waals surface area (Å²) in [5.74, 6) is 0.525. The number of para-hydroxylation sites is 1. The second kappa shape index (κ2) is 10.7. The van der Waals surface area contributed by atoms with Gasteiger partial charge < -0.3 is 19.4 Å². The minimum absolute atomic E-state index is 0.00864. The number of carbonyl (C=O) groups excluding carboxylic acids is 2. The molecule has 2 amide bonds. The normalized spacial score (nSPS) is 19.7. The molecule has 0 bridgehead atoms. The Labute approximate surface area is 219 Å². The number of carbonyl (C=O) groups is 2. The first-order chi connectivity index (χ1) is 18.0. The molecule has 2 atom stereocenters. The molecule has 2 unspecified atom stereocenters. The van der Waals surface area contributed by atoms with Crippen LogP contribution in [-0.4, -0.2) is 68.0 Å². The lowest BCUT2D eigenvalue weighted by Gasteiger charge is -2.38. The first kappa shape index (κ1) is 24.9. The van der Waals surface area contributed by atoms with Crippen LogP contribution in [0.3, 0.4) is 0 Å². The van der Waals surface area contributed by atoms with E-state index in [1.165, 1.54) is 11.3 Å². The summed E-state index contributed by atoms with van der Waals surface area (Å²) in [6.07, 6.45) is 0. The van der Waals surface area contributed by atoms with E-state index in [9.17, 15) is 9.59 Å². The fourth-order valence-electron chi connectivity index (χ4n) is 5.73. The Morgan fingerprint density at radius 1 is 0.784 bits per heavy atom. The molecular weight excluding hydrogens is 462 g/mol. The van der Waals surface area contributed by atoms with Crippen LogP contribution in [0.2, 0.25) is 0 Å². The lowest BCUT2D eigenvalue weighted by molar-refractivity contribution is -0.135. The van der Waals surface area contributed by atoms with E-state index in [4.69, 9.17) is 4.74 Å². The van der Waals surface area contributed by atoms with E-state index in [1.54, 1.807) is 7.11 Å². The lowest BCUT2D eigenvalue weighted by Crippen LogP contribution is -2.51.